The van der Waals surface area contributed by atoms with Crippen LogP contribution in [0.4, 0.5) is 0 Å². The van der Waals surface area contributed by atoms with Gasteiger partial charge in [-0.3, -0.25) is 4.79 Å². The Kier molecular flexibility index (Phi) is 3.60. The predicted molar refractivity (Wildman–Crippen MR) is 75.9 cm³/mol. The van der Waals surface area contributed by atoms with E-state index in [4.69, 9.17) is 4.74 Å². The lowest BCUT2D eigenvalue weighted by Gasteiger charge is -2.09. The fraction of sp³-hybridized carbons (Fsp3) is 0.267. The zero-order valence-electron chi connectivity index (χ0n) is 11.3. The second kappa shape index (κ2) is 5.18. The number of hydrogen-bond donors (Lipinski definition) is 2. The van der Waals surface area contributed by atoms with Gasteiger partial charge in [-0.15, -0.1) is 0 Å². The van der Waals surface area contributed by atoms with Gasteiger partial charge in [0.05, 0.1) is 18.2 Å². The van der Waals surface area contributed by atoms with Crippen LogP contribution in [0.15, 0.2) is 34.6 Å². The van der Waals surface area contributed by atoms with E-state index >= 15 is 0 Å². The van der Waals surface area contributed by atoms with Gasteiger partial charge in [0.2, 0.25) is 0 Å². The van der Waals surface area contributed by atoms with Gasteiger partial charge in [0.15, 0.2) is 0 Å². The fourth-order valence-corrected chi connectivity index (χ4v) is 1.98. The molecule has 0 saturated carbocycles. The molecule has 0 spiro atoms. The molecule has 0 bridgehead atoms. The third kappa shape index (κ3) is 2.47. The van der Waals surface area contributed by atoms with Crippen molar-refractivity contribution in [2.75, 3.05) is 7.11 Å². The van der Waals surface area contributed by atoms with Crippen molar-refractivity contribution in [2.45, 2.75) is 20.3 Å². The molecular formula is C15H17NO3. The van der Waals surface area contributed by atoms with Crippen molar-refractivity contribution in [3.63, 3.8) is 0 Å². The summed E-state index contributed by atoms with van der Waals surface area (Å²) < 4.78 is 5.18. The Bertz CT molecular complexity index is 694. The van der Waals surface area contributed by atoms with E-state index in [-0.39, 0.29) is 11.3 Å². The Morgan fingerprint density at radius 2 is 2.16 bits per heavy atom. The largest absolute Gasteiger partial charge is 0.507 e. The van der Waals surface area contributed by atoms with Crippen LogP contribution in [0.5, 0.6) is 11.5 Å². The van der Waals surface area contributed by atoms with Crippen molar-refractivity contribution in [2.24, 2.45) is 0 Å². The van der Waals surface area contributed by atoms with Crippen LogP contribution in [0.25, 0.3) is 10.9 Å². The molecule has 4 nitrogen and oxygen atoms in total. The number of benzene rings is 1. The zero-order valence-corrected chi connectivity index (χ0v) is 11.3. The zero-order chi connectivity index (χ0) is 14.0. The molecule has 1 heterocycles. The van der Waals surface area contributed by atoms with Crippen molar-refractivity contribution >= 4 is 10.9 Å². The van der Waals surface area contributed by atoms with Gasteiger partial charge < -0.3 is 14.8 Å². The summed E-state index contributed by atoms with van der Waals surface area (Å²) >= 11 is 0. The molecule has 0 atom stereocenters. The fourth-order valence-electron chi connectivity index (χ4n) is 1.98. The molecule has 0 aliphatic rings. The van der Waals surface area contributed by atoms with E-state index in [0.29, 0.717) is 28.6 Å². The number of rotatable bonds is 3. The standard InChI is InChI=1S/C15H17NO3/c1-9(2)7-8-11-14(17)10-5-4-6-12(19-3)13(10)16-15(11)18/h4-7H,8H2,1-3H3,(H2,16,17,18). The summed E-state index contributed by atoms with van der Waals surface area (Å²) in [7, 11) is 1.53. The van der Waals surface area contributed by atoms with Crippen LogP contribution < -0.4 is 10.3 Å². The summed E-state index contributed by atoms with van der Waals surface area (Å²) in [5.74, 6) is 0.564. The lowest BCUT2D eigenvalue weighted by atomic mass is 10.1. The van der Waals surface area contributed by atoms with Crippen molar-refractivity contribution in [1.82, 2.24) is 4.98 Å². The molecule has 0 radical (unpaired) electrons. The maximum atomic E-state index is 12.0. The second-order valence-electron chi connectivity index (χ2n) is 4.65. The second-order valence-corrected chi connectivity index (χ2v) is 4.65. The van der Waals surface area contributed by atoms with E-state index in [1.165, 1.54) is 7.11 Å². The Balaban J connectivity index is 2.69. The highest BCUT2D eigenvalue weighted by atomic mass is 16.5. The minimum atomic E-state index is -0.285. The number of nitrogens with one attached hydrogen (secondary N) is 1. The lowest BCUT2D eigenvalue weighted by Crippen LogP contribution is -2.12. The smallest absolute Gasteiger partial charge is 0.255 e. The number of para-hydroxylation sites is 1. The third-order valence-electron chi connectivity index (χ3n) is 3.01. The van der Waals surface area contributed by atoms with Crippen LogP contribution in [0, 0.1) is 0 Å². The average Bonchev–Trinajstić information content (AvgIpc) is 2.37. The molecule has 0 fully saturated rings. The maximum Gasteiger partial charge on any atom is 0.255 e. The molecule has 2 rings (SSSR count). The van der Waals surface area contributed by atoms with Crippen molar-refractivity contribution < 1.29 is 9.84 Å². The van der Waals surface area contributed by atoms with Crippen LogP contribution in [0.2, 0.25) is 0 Å². The number of ether oxygens (including phenoxy) is 1. The molecule has 2 aromatic rings. The van der Waals surface area contributed by atoms with E-state index in [0.717, 1.165) is 5.57 Å². The third-order valence-corrected chi connectivity index (χ3v) is 3.01. The van der Waals surface area contributed by atoms with E-state index in [1.807, 2.05) is 19.9 Å². The number of aromatic hydroxyl groups is 1. The quantitative estimate of drug-likeness (QED) is 0.833. The summed E-state index contributed by atoms with van der Waals surface area (Å²) in [6, 6.07) is 5.28. The molecule has 100 valence electrons. The number of allylic oxidation sites excluding steroid dienone is 2. The summed E-state index contributed by atoms with van der Waals surface area (Å²) in [6.07, 6.45) is 2.33. The van der Waals surface area contributed by atoms with Crippen molar-refractivity contribution in [3.8, 4) is 11.5 Å². The first-order chi connectivity index (χ1) is 9.04. The highest BCUT2D eigenvalue weighted by Crippen LogP contribution is 2.30. The molecule has 0 aliphatic heterocycles. The molecule has 0 unspecified atom stereocenters. The molecule has 0 amide bonds. The van der Waals surface area contributed by atoms with Gasteiger partial charge in [0, 0.05) is 5.39 Å². The Hall–Kier alpha value is -2.23. The number of H-pyrrole nitrogens is 1. The predicted octanol–water partition coefficient (Wildman–Crippen LogP) is 2.75. The first-order valence-electron chi connectivity index (χ1n) is 6.08. The average molecular weight is 259 g/mol. The number of aromatic amines is 1. The number of methoxy groups -OCH3 is 1. The Morgan fingerprint density at radius 3 is 2.79 bits per heavy atom. The molecule has 2 N–H and O–H groups in total. The number of pyridine rings is 1. The van der Waals surface area contributed by atoms with E-state index in [9.17, 15) is 9.90 Å². The summed E-state index contributed by atoms with van der Waals surface area (Å²) in [4.78, 5) is 14.8. The summed E-state index contributed by atoms with van der Waals surface area (Å²) in [5, 5.41) is 10.9. The van der Waals surface area contributed by atoms with Gasteiger partial charge >= 0.3 is 0 Å². The summed E-state index contributed by atoms with van der Waals surface area (Å²) in [6.45, 7) is 3.91. The van der Waals surface area contributed by atoms with E-state index in [1.54, 1.807) is 18.2 Å². The summed E-state index contributed by atoms with van der Waals surface area (Å²) in [5.41, 5.74) is 1.71. The van der Waals surface area contributed by atoms with Gasteiger partial charge in [0.1, 0.15) is 11.5 Å². The molecule has 4 heteroatoms. The lowest BCUT2D eigenvalue weighted by molar-refractivity contribution is 0.418. The first-order valence-corrected chi connectivity index (χ1v) is 6.08. The number of aromatic nitrogens is 1. The molecular weight excluding hydrogens is 242 g/mol. The van der Waals surface area contributed by atoms with Gasteiger partial charge in [-0.05, 0) is 32.4 Å². The van der Waals surface area contributed by atoms with Gasteiger partial charge in [-0.2, -0.15) is 0 Å². The number of hydrogen-bond acceptors (Lipinski definition) is 3. The topological polar surface area (TPSA) is 62.3 Å². The highest BCUT2D eigenvalue weighted by molar-refractivity contribution is 5.90. The molecule has 19 heavy (non-hydrogen) atoms. The maximum absolute atomic E-state index is 12.0. The normalized spacial score (nSPS) is 10.5. The van der Waals surface area contributed by atoms with Crippen molar-refractivity contribution in [1.29, 1.82) is 0 Å². The monoisotopic (exact) mass is 259 g/mol. The Morgan fingerprint density at radius 1 is 1.42 bits per heavy atom. The van der Waals surface area contributed by atoms with Crippen LogP contribution in [0.3, 0.4) is 0 Å². The Labute approximate surface area is 111 Å². The highest BCUT2D eigenvalue weighted by Gasteiger charge is 2.13. The van der Waals surface area contributed by atoms with Gasteiger partial charge in [-0.1, -0.05) is 17.7 Å². The number of fused-ring (bicyclic) bond motifs is 1. The van der Waals surface area contributed by atoms with Gasteiger partial charge in [-0.25, -0.2) is 0 Å². The van der Waals surface area contributed by atoms with Crippen LogP contribution >= 0.6 is 0 Å². The van der Waals surface area contributed by atoms with E-state index in [2.05, 4.69) is 4.98 Å². The minimum absolute atomic E-state index is 0.0233. The minimum Gasteiger partial charge on any atom is -0.507 e. The molecule has 1 aromatic carbocycles. The van der Waals surface area contributed by atoms with Crippen LogP contribution in [-0.2, 0) is 6.42 Å². The van der Waals surface area contributed by atoms with Gasteiger partial charge in [0.25, 0.3) is 5.56 Å². The first kappa shape index (κ1) is 13.2. The van der Waals surface area contributed by atoms with Crippen molar-refractivity contribution in [3.05, 3.63) is 45.8 Å². The van der Waals surface area contributed by atoms with Crippen LogP contribution in [-0.4, -0.2) is 17.2 Å². The molecule has 0 saturated heterocycles. The molecule has 1 aromatic heterocycles. The molecule has 0 aliphatic carbocycles. The van der Waals surface area contributed by atoms with Crippen LogP contribution in [0.1, 0.15) is 19.4 Å². The SMILES string of the molecule is COc1cccc2c(O)c(CC=C(C)C)c(=O)[nH]c12. The van der Waals surface area contributed by atoms with E-state index < -0.39 is 0 Å².